The van der Waals surface area contributed by atoms with E-state index < -0.39 is 0 Å². The summed E-state index contributed by atoms with van der Waals surface area (Å²) < 4.78 is 0. The average Bonchev–Trinajstić information content (AvgIpc) is 2.59. The van der Waals surface area contributed by atoms with Crippen LogP contribution in [0, 0.1) is 0 Å². The maximum atomic E-state index is 12.0. The molecule has 0 aliphatic rings. The minimum Gasteiger partial charge on any atom is -0.370 e. The zero-order valence-electron chi connectivity index (χ0n) is 14.8. The Morgan fingerprint density at radius 3 is 2.62 bits per heavy atom. The number of carbonyl (C=O) groups is 1. The van der Waals surface area contributed by atoms with Gasteiger partial charge in [0, 0.05) is 12.2 Å². The van der Waals surface area contributed by atoms with E-state index in [1.807, 2.05) is 18.2 Å². The first-order valence-electron chi connectivity index (χ1n) is 8.17. The first-order chi connectivity index (χ1) is 12.0. The number of nitrogens with two attached hydrogens (primary N) is 1. The highest BCUT2D eigenvalue weighted by atomic mass is 127. The van der Waals surface area contributed by atoms with Crippen LogP contribution in [0.5, 0.6) is 0 Å². The molecule has 26 heavy (non-hydrogen) atoms. The standard InChI is InChI=1S/C19H23ClN4O.HI/c1-13(2)14-6-5-7-15(12-14)24-19(21)23-11-10-22-18(25)16-8-3-4-9-17(16)20;/h3-9,12-13H,10-11H2,1-2H3,(H,22,25)(H3,21,23,24);1H. The van der Waals surface area contributed by atoms with Crippen LogP contribution >= 0.6 is 35.6 Å². The van der Waals surface area contributed by atoms with Crippen LogP contribution in [-0.2, 0) is 0 Å². The molecule has 5 nitrogen and oxygen atoms in total. The van der Waals surface area contributed by atoms with Crippen LogP contribution in [0.1, 0.15) is 35.7 Å². The third-order valence-electron chi connectivity index (χ3n) is 3.62. The minimum atomic E-state index is -0.225. The number of nitrogens with one attached hydrogen (secondary N) is 2. The highest BCUT2D eigenvalue weighted by Crippen LogP contribution is 2.18. The highest BCUT2D eigenvalue weighted by Gasteiger charge is 2.08. The molecule has 2 aromatic rings. The molecule has 4 N–H and O–H groups in total. The summed E-state index contributed by atoms with van der Waals surface area (Å²) in [6, 6.07) is 15.0. The lowest BCUT2D eigenvalue weighted by Crippen LogP contribution is -2.28. The van der Waals surface area contributed by atoms with E-state index in [4.69, 9.17) is 17.3 Å². The molecule has 0 spiro atoms. The summed E-state index contributed by atoms with van der Waals surface area (Å²) in [6.45, 7) is 5.02. The number of rotatable bonds is 6. The first kappa shape index (κ1) is 22.2. The summed E-state index contributed by atoms with van der Waals surface area (Å²) in [7, 11) is 0. The van der Waals surface area contributed by atoms with E-state index in [0.29, 0.717) is 35.6 Å². The molecule has 0 radical (unpaired) electrons. The topological polar surface area (TPSA) is 79.5 Å². The number of hydrogen-bond acceptors (Lipinski definition) is 2. The number of nitrogens with zero attached hydrogens (tertiary/aromatic N) is 1. The normalized spacial score (nSPS) is 11.0. The second-order valence-corrected chi connectivity index (χ2v) is 6.32. The van der Waals surface area contributed by atoms with Gasteiger partial charge >= 0.3 is 0 Å². The van der Waals surface area contributed by atoms with Crippen molar-refractivity contribution in [1.82, 2.24) is 5.32 Å². The van der Waals surface area contributed by atoms with Gasteiger partial charge in [0.1, 0.15) is 0 Å². The lowest BCUT2D eigenvalue weighted by molar-refractivity contribution is 0.0955. The highest BCUT2D eigenvalue weighted by molar-refractivity contribution is 14.0. The molecule has 0 aliphatic heterocycles. The van der Waals surface area contributed by atoms with Crippen LogP contribution in [0.2, 0.25) is 5.02 Å². The summed E-state index contributed by atoms with van der Waals surface area (Å²) in [6.07, 6.45) is 0. The van der Waals surface area contributed by atoms with Crippen molar-refractivity contribution in [3.63, 3.8) is 0 Å². The number of halogens is 2. The van der Waals surface area contributed by atoms with Gasteiger partial charge in [0.05, 0.1) is 17.1 Å². The van der Waals surface area contributed by atoms with Crippen molar-refractivity contribution in [2.75, 3.05) is 18.4 Å². The van der Waals surface area contributed by atoms with Crippen LogP contribution in [0.3, 0.4) is 0 Å². The van der Waals surface area contributed by atoms with Crippen LogP contribution in [-0.4, -0.2) is 25.0 Å². The van der Waals surface area contributed by atoms with Crippen LogP contribution in [0.4, 0.5) is 5.69 Å². The predicted octanol–water partition coefficient (Wildman–Crippen LogP) is 4.24. The van der Waals surface area contributed by atoms with Gasteiger partial charge in [-0.2, -0.15) is 0 Å². The van der Waals surface area contributed by atoms with Crippen molar-refractivity contribution in [3.8, 4) is 0 Å². The van der Waals surface area contributed by atoms with E-state index in [0.717, 1.165) is 5.69 Å². The van der Waals surface area contributed by atoms with Crippen LogP contribution < -0.4 is 16.4 Å². The van der Waals surface area contributed by atoms with Crippen molar-refractivity contribution >= 4 is 53.1 Å². The van der Waals surface area contributed by atoms with Gasteiger partial charge < -0.3 is 16.4 Å². The Kier molecular flexibility index (Phi) is 9.43. The molecule has 0 aromatic heterocycles. The maximum absolute atomic E-state index is 12.0. The molecule has 7 heteroatoms. The van der Waals surface area contributed by atoms with E-state index in [2.05, 4.69) is 35.5 Å². The maximum Gasteiger partial charge on any atom is 0.252 e. The number of carbonyl (C=O) groups excluding carboxylic acids is 1. The number of amides is 1. The number of guanidine groups is 1. The van der Waals surface area contributed by atoms with Gasteiger partial charge in [-0.05, 0) is 35.7 Å². The molecule has 0 bridgehead atoms. The van der Waals surface area contributed by atoms with Crippen molar-refractivity contribution in [1.29, 1.82) is 0 Å². The van der Waals surface area contributed by atoms with Gasteiger partial charge in [-0.1, -0.05) is 49.7 Å². The van der Waals surface area contributed by atoms with Gasteiger partial charge in [0.25, 0.3) is 5.91 Å². The quantitative estimate of drug-likeness (QED) is 0.247. The van der Waals surface area contributed by atoms with Crippen LogP contribution in [0.15, 0.2) is 53.5 Å². The van der Waals surface area contributed by atoms with E-state index in [1.54, 1.807) is 24.3 Å². The van der Waals surface area contributed by atoms with Gasteiger partial charge in [-0.15, -0.1) is 24.0 Å². The summed E-state index contributed by atoms with van der Waals surface area (Å²) in [5.41, 5.74) is 8.46. The molecule has 0 unspecified atom stereocenters. The first-order valence-corrected chi connectivity index (χ1v) is 8.55. The Balaban J connectivity index is 0.00000338. The molecule has 2 aromatic carbocycles. The second kappa shape index (κ2) is 11.0. The van der Waals surface area contributed by atoms with Gasteiger partial charge in [-0.3, -0.25) is 9.79 Å². The molecular weight excluding hydrogens is 463 g/mol. The van der Waals surface area contributed by atoms with Crippen molar-refractivity contribution in [3.05, 3.63) is 64.7 Å². The minimum absolute atomic E-state index is 0. The van der Waals surface area contributed by atoms with Gasteiger partial charge in [0.15, 0.2) is 5.96 Å². The van der Waals surface area contributed by atoms with E-state index >= 15 is 0 Å². The number of aliphatic imine (C=N–C) groups is 1. The summed E-state index contributed by atoms with van der Waals surface area (Å²) >= 11 is 5.99. The third kappa shape index (κ3) is 6.84. The van der Waals surface area contributed by atoms with Gasteiger partial charge in [0.2, 0.25) is 0 Å². The monoisotopic (exact) mass is 486 g/mol. The lowest BCUT2D eigenvalue weighted by Gasteiger charge is -2.10. The third-order valence-corrected chi connectivity index (χ3v) is 3.95. The zero-order chi connectivity index (χ0) is 18.2. The van der Waals surface area contributed by atoms with E-state index in [-0.39, 0.29) is 29.9 Å². The summed E-state index contributed by atoms with van der Waals surface area (Å²) in [5, 5.41) is 6.25. The lowest BCUT2D eigenvalue weighted by atomic mass is 10.0. The molecule has 0 saturated heterocycles. The van der Waals surface area contributed by atoms with Crippen molar-refractivity contribution in [2.24, 2.45) is 10.7 Å². The van der Waals surface area contributed by atoms with E-state index in [1.165, 1.54) is 5.56 Å². The fourth-order valence-electron chi connectivity index (χ4n) is 2.25. The molecule has 0 heterocycles. The Morgan fingerprint density at radius 1 is 1.19 bits per heavy atom. The molecule has 0 fully saturated rings. The molecule has 0 aliphatic carbocycles. The number of anilines is 1. The molecule has 1 amide bonds. The van der Waals surface area contributed by atoms with Crippen LogP contribution in [0.25, 0.3) is 0 Å². The van der Waals surface area contributed by atoms with E-state index in [9.17, 15) is 4.79 Å². The smallest absolute Gasteiger partial charge is 0.252 e. The molecule has 2 rings (SSSR count). The molecule has 140 valence electrons. The Hall–Kier alpha value is -1.80. The summed E-state index contributed by atoms with van der Waals surface area (Å²) in [5.74, 6) is 0.532. The second-order valence-electron chi connectivity index (χ2n) is 5.91. The fraction of sp³-hybridized carbons (Fsp3) is 0.263. The van der Waals surface area contributed by atoms with Crippen molar-refractivity contribution in [2.45, 2.75) is 19.8 Å². The Bertz CT molecular complexity index is 765. The average molecular weight is 487 g/mol. The fourth-order valence-corrected chi connectivity index (χ4v) is 2.47. The predicted molar refractivity (Wildman–Crippen MR) is 120 cm³/mol. The SMILES string of the molecule is CC(C)c1cccc(NC(N)=NCCNC(=O)c2ccccc2Cl)c1.I. The summed E-state index contributed by atoms with van der Waals surface area (Å²) in [4.78, 5) is 16.2. The Labute approximate surface area is 176 Å². The zero-order valence-corrected chi connectivity index (χ0v) is 17.9. The van der Waals surface area contributed by atoms with Gasteiger partial charge in [-0.25, -0.2) is 0 Å². The number of benzene rings is 2. The Morgan fingerprint density at radius 2 is 1.92 bits per heavy atom. The molecule has 0 saturated carbocycles. The molecular formula is C19H24ClIN4O. The number of hydrogen-bond donors (Lipinski definition) is 3. The van der Waals surface area contributed by atoms with Crippen molar-refractivity contribution < 1.29 is 4.79 Å². The largest absolute Gasteiger partial charge is 0.370 e. The molecule has 0 atom stereocenters.